The van der Waals surface area contributed by atoms with Gasteiger partial charge in [0.2, 0.25) is 0 Å². The lowest BCUT2D eigenvalue weighted by Gasteiger charge is -2.13. The van der Waals surface area contributed by atoms with E-state index in [2.05, 4.69) is 4.98 Å². The average Bonchev–Trinajstić information content (AvgIpc) is 2.58. The number of thiophene rings is 1. The molecule has 0 unspecified atom stereocenters. The maximum atomic E-state index is 12.5. The molecule has 2 heterocycles. The highest BCUT2D eigenvalue weighted by molar-refractivity contribution is 7.18. The normalized spacial score (nSPS) is 11.4. The number of carbonyl (C=O) groups is 1. The molecule has 0 saturated heterocycles. The summed E-state index contributed by atoms with van der Waals surface area (Å²) in [6.07, 6.45) is 0. The van der Waals surface area contributed by atoms with Crippen molar-refractivity contribution >= 4 is 27.5 Å². The summed E-state index contributed by atoms with van der Waals surface area (Å²) >= 11 is 1.48. The number of hydrogen-bond donors (Lipinski definition) is 1. The lowest BCUT2D eigenvalue weighted by Crippen LogP contribution is -2.29. The van der Waals surface area contributed by atoms with Crippen LogP contribution in [0.15, 0.2) is 4.79 Å². The fraction of sp³-hybridized carbons (Fsp3) is 0.462. The van der Waals surface area contributed by atoms with Crippen molar-refractivity contribution in [3.8, 4) is 0 Å². The zero-order valence-electron chi connectivity index (χ0n) is 11.4. The second-order valence-electron chi connectivity index (χ2n) is 4.87. The fourth-order valence-electron chi connectivity index (χ4n) is 2.07. The van der Waals surface area contributed by atoms with Crippen LogP contribution in [-0.4, -0.2) is 20.6 Å². The van der Waals surface area contributed by atoms with E-state index in [-0.39, 0.29) is 18.0 Å². The highest BCUT2D eigenvalue weighted by Gasteiger charge is 2.19. The minimum atomic E-state index is -1.03. The van der Waals surface area contributed by atoms with Gasteiger partial charge >= 0.3 is 5.97 Å². The first-order valence-electron chi connectivity index (χ1n) is 6.05. The molecule has 2 rings (SSSR count). The van der Waals surface area contributed by atoms with Crippen molar-refractivity contribution in [2.75, 3.05) is 0 Å². The van der Waals surface area contributed by atoms with E-state index in [4.69, 9.17) is 5.11 Å². The van der Waals surface area contributed by atoms with Crippen molar-refractivity contribution in [2.45, 2.75) is 40.2 Å². The molecule has 0 aromatic carbocycles. The molecule has 0 radical (unpaired) electrons. The monoisotopic (exact) mass is 280 g/mol. The molecule has 102 valence electrons. The van der Waals surface area contributed by atoms with E-state index in [0.29, 0.717) is 16.0 Å². The van der Waals surface area contributed by atoms with Gasteiger partial charge in [0.1, 0.15) is 17.2 Å². The Morgan fingerprint density at radius 3 is 2.58 bits per heavy atom. The molecule has 0 spiro atoms. The fourth-order valence-corrected chi connectivity index (χ4v) is 3.10. The maximum Gasteiger partial charge on any atom is 0.323 e. The zero-order valence-corrected chi connectivity index (χ0v) is 12.2. The van der Waals surface area contributed by atoms with Crippen molar-refractivity contribution in [3.05, 3.63) is 26.6 Å². The summed E-state index contributed by atoms with van der Waals surface area (Å²) in [7, 11) is 0. The number of carboxylic acid groups (broad SMARTS) is 1. The third-order valence-electron chi connectivity index (χ3n) is 3.13. The Balaban J connectivity index is 2.86. The summed E-state index contributed by atoms with van der Waals surface area (Å²) in [6.45, 7) is 7.28. The second-order valence-corrected chi connectivity index (χ2v) is 6.08. The van der Waals surface area contributed by atoms with E-state index in [9.17, 15) is 9.59 Å². The molecule has 6 heteroatoms. The van der Waals surface area contributed by atoms with E-state index in [1.54, 1.807) is 0 Å². The molecule has 0 aliphatic heterocycles. The number of aryl methyl sites for hydroxylation is 2. The highest BCUT2D eigenvalue weighted by atomic mass is 32.1. The van der Waals surface area contributed by atoms with Crippen LogP contribution in [0.1, 0.15) is 36.0 Å². The average molecular weight is 280 g/mol. The first-order valence-corrected chi connectivity index (χ1v) is 6.86. The molecule has 0 amide bonds. The molecule has 0 aliphatic carbocycles. The molecule has 0 atom stereocenters. The SMILES string of the molecule is Cc1sc2nc(C(C)C)n(CC(=O)O)c(=O)c2c1C. The Kier molecular flexibility index (Phi) is 3.45. The summed E-state index contributed by atoms with van der Waals surface area (Å²) in [6, 6.07) is 0. The Morgan fingerprint density at radius 1 is 1.42 bits per heavy atom. The van der Waals surface area contributed by atoms with Gasteiger partial charge in [0.25, 0.3) is 5.56 Å². The standard InChI is InChI=1S/C13H16N2O3S/c1-6(2)11-14-12-10(7(3)8(4)19-12)13(18)15(11)5-9(16)17/h6H,5H2,1-4H3,(H,16,17). The second kappa shape index (κ2) is 4.77. The van der Waals surface area contributed by atoms with Gasteiger partial charge in [-0.3, -0.25) is 14.2 Å². The van der Waals surface area contributed by atoms with Crippen LogP contribution in [0, 0.1) is 13.8 Å². The van der Waals surface area contributed by atoms with E-state index < -0.39 is 5.97 Å². The van der Waals surface area contributed by atoms with Gasteiger partial charge in [-0.2, -0.15) is 0 Å². The molecular weight excluding hydrogens is 264 g/mol. The van der Waals surface area contributed by atoms with Gasteiger partial charge in [-0.05, 0) is 19.4 Å². The number of rotatable bonds is 3. The first-order chi connectivity index (χ1) is 8.82. The van der Waals surface area contributed by atoms with E-state index in [1.165, 1.54) is 15.9 Å². The third kappa shape index (κ3) is 2.28. The quantitative estimate of drug-likeness (QED) is 0.936. The van der Waals surface area contributed by atoms with Crippen LogP contribution in [0.25, 0.3) is 10.2 Å². The Bertz CT molecular complexity index is 713. The summed E-state index contributed by atoms with van der Waals surface area (Å²) in [5.74, 6) is -0.505. The van der Waals surface area contributed by atoms with Crippen molar-refractivity contribution < 1.29 is 9.90 Å². The largest absolute Gasteiger partial charge is 0.480 e. The van der Waals surface area contributed by atoms with Crippen LogP contribution in [0.2, 0.25) is 0 Å². The number of aliphatic carboxylic acids is 1. The van der Waals surface area contributed by atoms with Crippen LogP contribution >= 0.6 is 11.3 Å². The van der Waals surface area contributed by atoms with Gasteiger partial charge in [-0.15, -0.1) is 11.3 Å². The molecule has 19 heavy (non-hydrogen) atoms. The van der Waals surface area contributed by atoms with Crippen LogP contribution < -0.4 is 5.56 Å². The molecule has 1 N–H and O–H groups in total. The first kappa shape index (κ1) is 13.7. The van der Waals surface area contributed by atoms with Crippen LogP contribution in [0.4, 0.5) is 0 Å². The zero-order chi connectivity index (χ0) is 14.3. The Morgan fingerprint density at radius 2 is 2.05 bits per heavy atom. The molecule has 2 aromatic heterocycles. The molecule has 2 aromatic rings. The van der Waals surface area contributed by atoms with Gasteiger partial charge in [0, 0.05) is 10.8 Å². The minimum absolute atomic E-state index is 0.000776. The molecule has 0 fully saturated rings. The summed E-state index contributed by atoms with van der Waals surface area (Å²) in [5.41, 5.74) is 0.643. The maximum absolute atomic E-state index is 12.5. The van der Waals surface area contributed by atoms with Gasteiger partial charge in [-0.25, -0.2) is 4.98 Å². The van der Waals surface area contributed by atoms with E-state index in [1.807, 2.05) is 27.7 Å². The highest BCUT2D eigenvalue weighted by Crippen LogP contribution is 2.27. The molecule has 0 saturated carbocycles. The number of fused-ring (bicyclic) bond motifs is 1. The summed E-state index contributed by atoms with van der Waals surface area (Å²) < 4.78 is 1.27. The Hall–Kier alpha value is -1.69. The van der Waals surface area contributed by atoms with Gasteiger partial charge < -0.3 is 5.11 Å². The number of hydrogen-bond acceptors (Lipinski definition) is 4. The molecule has 0 bridgehead atoms. The number of carboxylic acids is 1. The number of nitrogens with zero attached hydrogens (tertiary/aromatic N) is 2. The van der Waals surface area contributed by atoms with Gasteiger partial charge in [-0.1, -0.05) is 13.8 Å². The summed E-state index contributed by atoms with van der Waals surface area (Å²) in [4.78, 5) is 29.7. The van der Waals surface area contributed by atoms with Crippen LogP contribution in [0.3, 0.4) is 0 Å². The van der Waals surface area contributed by atoms with Gasteiger partial charge in [0.15, 0.2) is 0 Å². The Labute approximate surface area is 114 Å². The lowest BCUT2D eigenvalue weighted by atomic mass is 10.1. The van der Waals surface area contributed by atoms with Crippen molar-refractivity contribution in [1.29, 1.82) is 0 Å². The van der Waals surface area contributed by atoms with Crippen molar-refractivity contribution in [2.24, 2.45) is 0 Å². The predicted molar refractivity (Wildman–Crippen MR) is 75.1 cm³/mol. The smallest absolute Gasteiger partial charge is 0.323 e. The minimum Gasteiger partial charge on any atom is -0.480 e. The third-order valence-corrected chi connectivity index (χ3v) is 4.23. The van der Waals surface area contributed by atoms with Crippen molar-refractivity contribution in [3.63, 3.8) is 0 Å². The van der Waals surface area contributed by atoms with E-state index >= 15 is 0 Å². The lowest BCUT2D eigenvalue weighted by molar-refractivity contribution is -0.137. The predicted octanol–water partition coefficient (Wildman–Crippen LogP) is 2.28. The topological polar surface area (TPSA) is 72.2 Å². The molecule has 5 nitrogen and oxygen atoms in total. The van der Waals surface area contributed by atoms with Crippen molar-refractivity contribution in [1.82, 2.24) is 9.55 Å². The molecule has 0 aliphatic rings. The summed E-state index contributed by atoms with van der Waals surface area (Å²) in [5, 5.41) is 9.51. The van der Waals surface area contributed by atoms with E-state index in [0.717, 1.165) is 10.4 Å². The van der Waals surface area contributed by atoms with Gasteiger partial charge in [0.05, 0.1) is 5.39 Å². The van der Waals surface area contributed by atoms with Crippen LogP contribution in [0.5, 0.6) is 0 Å². The molecular formula is C13H16N2O3S. The van der Waals surface area contributed by atoms with Crippen LogP contribution in [-0.2, 0) is 11.3 Å². The number of aromatic nitrogens is 2.